The number of benzene rings is 1. The second-order valence-electron chi connectivity index (χ2n) is 5.12. The van der Waals surface area contributed by atoms with Crippen molar-refractivity contribution in [1.29, 1.82) is 0 Å². The zero-order valence-electron chi connectivity index (χ0n) is 11.9. The fourth-order valence-corrected chi connectivity index (χ4v) is 2.82. The van der Waals surface area contributed by atoms with Gasteiger partial charge in [-0.25, -0.2) is 18.7 Å². The lowest BCUT2D eigenvalue weighted by atomic mass is 10.0. The number of hydrogen-bond acceptors (Lipinski definition) is 4. The highest BCUT2D eigenvalue weighted by atomic mass is 19.2. The van der Waals surface area contributed by atoms with Gasteiger partial charge in [-0.05, 0) is 35.7 Å². The van der Waals surface area contributed by atoms with E-state index in [2.05, 4.69) is 9.97 Å². The average Bonchev–Trinajstić information content (AvgIpc) is 2.85. The van der Waals surface area contributed by atoms with Gasteiger partial charge in [0.2, 0.25) is 5.82 Å². The summed E-state index contributed by atoms with van der Waals surface area (Å²) in [6, 6.07) is 3.95. The molecule has 3 rings (SSSR count). The van der Waals surface area contributed by atoms with Crippen molar-refractivity contribution in [2.24, 2.45) is 5.73 Å². The zero-order chi connectivity index (χ0) is 15.9. The molecule has 0 aliphatic carbocycles. The predicted octanol–water partition coefficient (Wildman–Crippen LogP) is 2.33. The van der Waals surface area contributed by atoms with Gasteiger partial charge in [-0.2, -0.15) is 0 Å². The van der Waals surface area contributed by atoms with Crippen molar-refractivity contribution < 1.29 is 13.6 Å². The van der Waals surface area contributed by atoms with E-state index in [1.165, 1.54) is 18.3 Å². The number of amides is 1. The second kappa shape index (κ2) is 5.32. The molecule has 1 aliphatic rings. The van der Waals surface area contributed by atoms with Crippen molar-refractivity contribution in [3.63, 3.8) is 0 Å². The lowest BCUT2D eigenvalue weighted by molar-refractivity contribution is 0.0990. The number of anilines is 1. The fourth-order valence-electron chi connectivity index (χ4n) is 2.82. The molecule has 1 aromatic heterocycles. The van der Waals surface area contributed by atoms with Gasteiger partial charge >= 0.3 is 0 Å². The van der Waals surface area contributed by atoms with Crippen molar-refractivity contribution in [3.05, 3.63) is 53.0 Å². The Bertz CT molecular complexity index is 750. The molecule has 0 saturated carbocycles. The highest BCUT2D eigenvalue weighted by molar-refractivity contribution is 5.89. The molecule has 0 spiro atoms. The summed E-state index contributed by atoms with van der Waals surface area (Å²) >= 11 is 0. The van der Waals surface area contributed by atoms with Gasteiger partial charge in [-0.15, -0.1) is 0 Å². The van der Waals surface area contributed by atoms with Crippen LogP contribution in [0.2, 0.25) is 0 Å². The van der Waals surface area contributed by atoms with Gasteiger partial charge in [0.1, 0.15) is 5.82 Å². The van der Waals surface area contributed by atoms with E-state index in [4.69, 9.17) is 5.73 Å². The second-order valence-corrected chi connectivity index (χ2v) is 5.12. The molecule has 114 valence electrons. The average molecular weight is 304 g/mol. The number of carbonyl (C=O) groups is 1. The maximum absolute atomic E-state index is 13.5. The summed E-state index contributed by atoms with van der Waals surface area (Å²) in [5.41, 5.74) is 6.64. The lowest BCUT2D eigenvalue weighted by Gasteiger charge is -2.25. The van der Waals surface area contributed by atoms with Crippen LogP contribution in [0.15, 0.2) is 24.4 Å². The minimum absolute atomic E-state index is 0.0827. The first-order valence-corrected chi connectivity index (χ1v) is 6.88. The molecular formula is C15H14F2N4O. The quantitative estimate of drug-likeness (QED) is 0.944. The summed E-state index contributed by atoms with van der Waals surface area (Å²) in [4.78, 5) is 21.0. The summed E-state index contributed by atoms with van der Waals surface area (Å²) in [5, 5.41) is 0. The maximum Gasteiger partial charge on any atom is 0.286 e. The Hall–Kier alpha value is -2.57. The Morgan fingerprint density at radius 2 is 2.14 bits per heavy atom. The highest BCUT2D eigenvalue weighted by Gasteiger charge is 2.31. The fraction of sp³-hybridized carbons (Fsp3) is 0.267. The van der Waals surface area contributed by atoms with Crippen LogP contribution >= 0.6 is 0 Å². The molecule has 22 heavy (non-hydrogen) atoms. The molecule has 0 fully saturated rings. The van der Waals surface area contributed by atoms with E-state index in [0.29, 0.717) is 24.3 Å². The summed E-state index contributed by atoms with van der Waals surface area (Å²) in [7, 11) is 0. The number of carbonyl (C=O) groups excluding carboxylic acids is 1. The van der Waals surface area contributed by atoms with Crippen molar-refractivity contribution in [1.82, 2.24) is 9.97 Å². The van der Waals surface area contributed by atoms with Gasteiger partial charge in [0.15, 0.2) is 11.6 Å². The third-order valence-corrected chi connectivity index (χ3v) is 3.80. The summed E-state index contributed by atoms with van der Waals surface area (Å²) in [5.74, 6) is -2.02. The number of rotatable bonds is 3. The Balaban J connectivity index is 2.03. The molecule has 5 nitrogen and oxygen atoms in total. The number of primary amides is 1. The van der Waals surface area contributed by atoms with Gasteiger partial charge in [-0.1, -0.05) is 6.92 Å². The Morgan fingerprint density at radius 1 is 1.41 bits per heavy atom. The van der Waals surface area contributed by atoms with Gasteiger partial charge in [-0.3, -0.25) is 4.79 Å². The molecule has 2 N–H and O–H groups in total. The van der Waals surface area contributed by atoms with Gasteiger partial charge in [0.05, 0.1) is 6.04 Å². The number of nitrogens with two attached hydrogens (primary N) is 1. The van der Waals surface area contributed by atoms with Crippen LogP contribution in [0.3, 0.4) is 0 Å². The van der Waals surface area contributed by atoms with Gasteiger partial charge < -0.3 is 10.6 Å². The largest absolute Gasteiger partial charge is 0.363 e. The van der Waals surface area contributed by atoms with Crippen molar-refractivity contribution in [3.8, 4) is 0 Å². The van der Waals surface area contributed by atoms with Crippen molar-refractivity contribution >= 4 is 11.7 Å². The van der Waals surface area contributed by atoms with Crippen LogP contribution in [0.4, 0.5) is 14.6 Å². The minimum atomic E-state index is -0.865. The van der Waals surface area contributed by atoms with E-state index < -0.39 is 17.5 Å². The van der Waals surface area contributed by atoms with Crippen LogP contribution in [-0.2, 0) is 6.54 Å². The molecule has 1 aromatic carbocycles. The Morgan fingerprint density at radius 3 is 2.82 bits per heavy atom. The Kier molecular flexibility index (Phi) is 3.48. The SMILES string of the molecule is CCC1c2cc(F)c(F)cc2CN1c1ccnc(C(N)=O)n1. The zero-order valence-corrected chi connectivity index (χ0v) is 11.9. The molecule has 1 amide bonds. The molecule has 1 unspecified atom stereocenters. The van der Waals surface area contributed by atoms with Crippen LogP contribution in [0, 0.1) is 11.6 Å². The van der Waals surface area contributed by atoms with Crippen LogP contribution in [0.5, 0.6) is 0 Å². The molecule has 1 atom stereocenters. The number of hydrogen-bond donors (Lipinski definition) is 1. The molecule has 0 saturated heterocycles. The molecule has 2 aromatic rings. The predicted molar refractivity (Wildman–Crippen MR) is 76.1 cm³/mol. The molecule has 2 heterocycles. The minimum Gasteiger partial charge on any atom is -0.363 e. The van der Waals surface area contributed by atoms with Crippen molar-refractivity contribution in [2.45, 2.75) is 25.9 Å². The lowest BCUT2D eigenvalue weighted by Crippen LogP contribution is -2.24. The standard InChI is InChI=1S/C15H14F2N4O/c1-2-12-9-6-11(17)10(16)5-8(9)7-21(12)13-3-4-19-15(20-13)14(18)22/h3-6,12H,2,7H2,1H3,(H2,18,22). The topological polar surface area (TPSA) is 72.1 Å². The first-order chi connectivity index (χ1) is 10.5. The molecule has 0 bridgehead atoms. The summed E-state index contributed by atoms with van der Waals surface area (Å²) in [6.07, 6.45) is 2.13. The smallest absolute Gasteiger partial charge is 0.286 e. The third-order valence-electron chi connectivity index (χ3n) is 3.80. The van der Waals surface area contributed by atoms with E-state index in [0.717, 1.165) is 5.56 Å². The maximum atomic E-state index is 13.5. The van der Waals surface area contributed by atoms with Gasteiger partial charge in [0.25, 0.3) is 5.91 Å². The van der Waals surface area contributed by atoms with E-state index in [9.17, 15) is 13.6 Å². The first-order valence-electron chi connectivity index (χ1n) is 6.88. The van der Waals surface area contributed by atoms with E-state index >= 15 is 0 Å². The van der Waals surface area contributed by atoms with Gasteiger partial charge in [0, 0.05) is 12.7 Å². The third kappa shape index (κ3) is 2.28. The monoisotopic (exact) mass is 304 g/mol. The Labute approximate surface area is 125 Å². The molecule has 1 aliphatic heterocycles. The van der Waals surface area contributed by atoms with Crippen LogP contribution in [-0.4, -0.2) is 15.9 Å². The highest BCUT2D eigenvalue weighted by Crippen LogP contribution is 2.39. The number of nitrogens with zero attached hydrogens (tertiary/aromatic N) is 3. The van der Waals surface area contributed by atoms with E-state index in [-0.39, 0.29) is 11.9 Å². The van der Waals surface area contributed by atoms with Crippen LogP contribution < -0.4 is 10.6 Å². The molecular weight excluding hydrogens is 290 g/mol. The molecule has 7 heteroatoms. The normalized spacial score (nSPS) is 16.7. The first kappa shape index (κ1) is 14.4. The van der Waals surface area contributed by atoms with Crippen molar-refractivity contribution in [2.75, 3.05) is 4.90 Å². The van der Waals surface area contributed by atoms with Crippen LogP contribution in [0.25, 0.3) is 0 Å². The number of aromatic nitrogens is 2. The number of halogens is 2. The summed E-state index contributed by atoms with van der Waals surface area (Å²) in [6.45, 7) is 2.34. The van der Waals surface area contributed by atoms with E-state index in [1.807, 2.05) is 11.8 Å². The molecule has 0 radical (unpaired) electrons. The van der Waals surface area contributed by atoms with E-state index in [1.54, 1.807) is 6.07 Å². The van der Waals surface area contributed by atoms with Crippen LogP contribution in [0.1, 0.15) is 41.1 Å². The summed E-state index contributed by atoms with van der Waals surface area (Å²) < 4.78 is 26.9. The number of fused-ring (bicyclic) bond motifs is 1.